The van der Waals surface area contributed by atoms with E-state index in [0.717, 1.165) is 11.3 Å². The van der Waals surface area contributed by atoms with Crippen LogP contribution >= 0.6 is 11.3 Å². The number of nitrogens with two attached hydrogens (primary N) is 1. The molecule has 0 aliphatic heterocycles. The van der Waals surface area contributed by atoms with Gasteiger partial charge in [0.1, 0.15) is 0 Å². The summed E-state index contributed by atoms with van der Waals surface area (Å²) >= 11 is 1.47. The minimum absolute atomic E-state index is 0.619. The van der Waals surface area contributed by atoms with Crippen LogP contribution in [0.2, 0.25) is 0 Å². The van der Waals surface area contributed by atoms with Gasteiger partial charge in [0.25, 0.3) is 0 Å². The van der Waals surface area contributed by atoms with Crippen LogP contribution in [0.15, 0.2) is 35.7 Å². The van der Waals surface area contributed by atoms with Gasteiger partial charge in [-0.2, -0.15) is 0 Å². The molecule has 2 nitrogen and oxygen atoms in total. The molecule has 16 heavy (non-hydrogen) atoms. The molecule has 0 aliphatic carbocycles. The molecule has 0 atom stereocenters. The zero-order chi connectivity index (χ0) is 12.4. The largest absolute Gasteiger partial charge is 0.375 e. The van der Waals surface area contributed by atoms with Gasteiger partial charge in [0.15, 0.2) is 5.13 Å². The number of rotatable bonds is 1. The Morgan fingerprint density at radius 1 is 1.00 bits per heavy atom. The second-order valence-electron chi connectivity index (χ2n) is 2.44. The summed E-state index contributed by atoms with van der Waals surface area (Å²) < 4.78 is 0. The van der Waals surface area contributed by atoms with Crippen LogP contribution in [0.5, 0.6) is 0 Å². The molecule has 1 heterocycles. The van der Waals surface area contributed by atoms with Crippen LogP contribution in [0.1, 0.15) is 27.7 Å². The Balaban J connectivity index is 0.000000509. The number of hydrogen-bond acceptors (Lipinski definition) is 3. The summed E-state index contributed by atoms with van der Waals surface area (Å²) in [6.07, 6.45) is 0. The molecule has 0 radical (unpaired) electrons. The third kappa shape index (κ3) is 4.45. The first-order valence-electron chi connectivity index (χ1n) is 5.63. The Kier molecular flexibility index (Phi) is 8.17. The van der Waals surface area contributed by atoms with E-state index in [4.69, 9.17) is 5.73 Å². The van der Waals surface area contributed by atoms with Crippen molar-refractivity contribution in [3.8, 4) is 11.3 Å². The zero-order valence-corrected chi connectivity index (χ0v) is 11.2. The first kappa shape index (κ1) is 14.6. The van der Waals surface area contributed by atoms with E-state index in [-0.39, 0.29) is 0 Å². The van der Waals surface area contributed by atoms with E-state index in [9.17, 15) is 0 Å². The molecule has 0 spiro atoms. The van der Waals surface area contributed by atoms with Gasteiger partial charge < -0.3 is 5.73 Å². The van der Waals surface area contributed by atoms with Crippen LogP contribution < -0.4 is 5.73 Å². The molecule has 0 aliphatic rings. The normalized spacial score (nSPS) is 8.25. The van der Waals surface area contributed by atoms with Crippen LogP contribution in [0.25, 0.3) is 11.3 Å². The molecule has 2 N–H and O–H groups in total. The van der Waals surface area contributed by atoms with E-state index in [0.29, 0.717) is 5.13 Å². The third-order valence-electron chi connectivity index (χ3n) is 1.59. The number of nitrogen functional groups attached to an aromatic ring is 1. The molecule has 88 valence electrons. The molecule has 0 saturated carbocycles. The lowest BCUT2D eigenvalue weighted by atomic mass is 10.2. The quantitative estimate of drug-likeness (QED) is 0.794. The Morgan fingerprint density at radius 3 is 2.00 bits per heavy atom. The zero-order valence-electron chi connectivity index (χ0n) is 10.4. The summed E-state index contributed by atoms with van der Waals surface area (Å²) in [6.45, 7) is 8.00. The fourth-order valence-corrected chi connectivity index (χ4v) is 1.60. The minimum atomic E-state index is 0.619. The molecule has 0 bridgehead atoms. The molecule has 2 rings (SSSR count). The summed E-state index contributed by atoms with van der Waals surface area (Å²) in [6, 6.07) is 10.0. The maximum atomic E-state index is 5.52. The highest BCUT2D eigenvalue weighted by atomic mass is 32.1. The highest BCUT2D eigenvalue weighted by Crippen LogP contribution is 2.22. The molecule has 1 aromatic carbocycles. The maximum Gasteiger partial charge on any atom is 0.180 e. The Morgan fingerprint density at radius 2 is 1.56 bits per heavy atom. The Labute approximate surface area is 102 Å². The van der Waals surface area contributed by atoms with E-state index in [1.165, 1.54) is 11.3 Å². The maximum absolute atomic E-state index is 5.52. The number of hydrogen-bond donors (Lipinski definition) is 1. The van der Waals surface area contributed by atoms with Crippen molar-refractivity contribution in [1.29, 1.82) is 0 Å². The van der Waals surface area contributed by atoms with Gasteiger partial charge in [0, 0.05) is 10.9 Å². The summed E-state index contributed by atoms with van der Waals surface area (Å²) in [5.74, 6) is 0. The Bertz CT molecular complexity index is 368. The molecule has 0 fully saturated rings. The van der Waals surface area contributed by atoms with Gasteiger partial charge in [0.2, 0.25) is 0 Å². The predicted molar refractivity (Wildman–Crippen MR) is 74.7 cm³/mol. The third-order valence-corrected chi connectivity index (χ3v) is 2.27. The fraction of sp³-hybridized carbons (Fsp3) is 0.308. The first-order valence-corrected chi connectivity index (χ1v) is 6.50. The van der Waals surface area contributed by atoms with Crippen molar-refractivity contribution in [2.75, 3.05) is 5.73 Å². The lowest BCUT2D eigenvalue weighted by Gasteiger charge is -1.92. The lowest BCUT2D eigenvalue weighted by molar-refractivity contribution is 1.41. The van der Waals surface area contributed by atoms with Crippen molar-refractivity contribution in [1.82, 2.24) is 4.98 Å². The van der Waals surface area contributed by atoms with Gasteiger partial charge in [-0.25, -0.2) is 4.98 Å². The first-order chi connectivity index (χ1) is 7.86. The van der Waals surface area contributed by atoms with Gasteiger partial charge in [-0.3, -0.25) is 0 Å². The van der Waals surface area contributed by atoms with Gasteiger partial charge >= 0.3 is 0 Å². The number of benzene rings is 1. The second-order valence-corrected chi connectivity index (χ2v) is 3.33. The van der Waals surface area contributed by atoms with Gasteiger partial charge in [-0.05, 0) is 0 Å². The lowest BCUT2D eigenvalue weighted by Crippen LogP contribution is -1.82. The van der Waals surface area contributed by atoms with Crippen molar-refractivity contribution in [2.45, 2.75) is 27.7 Å². The van der Waals surface area contributed by atoms with E-state index in [1.807, 2.05) is 63.4 Å². The topological polar surface area (TPSA) is 38.9 Å². The molecule has 0 saturated heterocycles. The molecule has 0 unspecified atom stereocenters. The molecule has 1 aromatic heterocycles. The number of thiazole rings is 1. The summed E-state index contributed by atoms with van der Waals surface area (Å²) in [5.41, 5.74) is 7.60. The summed E-state index contributed by atoms with van der Waals surface area (Å²) in [5, 5.41) is 2.58. The van der Waals surface area contributed by atoms with E-state index in [1.54, 1.807) is 0 Å². The predicted octanol–water partition coefficient (Wildman–Crippen LogP) is 4.44. The SMILES string of the molecule is CC.CC.Nc1nc(-c2ccccc2)cs1. The van der Waals surface area contributed by atoms with Gasteiger partial charge in [-0.1, -0.05) is 58.0 Å². The monoisotopic (exact) mass is 236 g/mol. The molecule has 2 aromatic rings. The van der Waals surface area contributed by atoms with Crippen molar-refractivity contribution in [3.63, 3.8) is 0 Å². The van der Waals surface area contributed by atoms with E-state index < -0.39 is 0 Å². The standard InChI is InChI=1S/C9H8N2S.2C2H6/c10-9-11-8(6-12-9)7-4-2-1-3-5-7;2*1-2/h1-6H,(H2,10,11);2*1-2H3. The van der Waals surface area contributed by atoms with Gasteiger partial charge in [-0.15, -0.1) is 11.3 Å². The van der Waals surface area contributed by atoms with Crippen molar-refractivity contribution >= 4 is 16.5 Å². The van der Waals surface area contributed by atoms with E-state index in [2.05, 4.69) is 4.98 Å². The molecular weight excluding hydrogens is 216 g/mol. The fourth-order valence-electron chi connectivity index (χ4n) is 1.03. The average molecular weight is 236 g/mol. The van der Waals surface area contributed by atoms with Crippen LogP contribution in [0, 0.1) is 0 Å². The minimum Gasteiger partial charge on any atom is -0.375 e. The highest BCUT2D eigenvalue weighted by Gasteiger charge is 1.99. The molecular formula is C13H20N2S. The molecule has 3 heteroatoms. The highest BCUT2D eigenvalue weighted by molar-refractivity contribution is 7.13. The smallest absolute Gasteiger partial charge is 0.180 e. The van der Waals surface area contributed by atoms with E-state index >= 15 is 0 Å². The van der Waals surface area contributed by atoms with Crippen LogP contribution in [-0.2, 0) is 0 Å². The summed E-state index contributed by atoms with van der Waals surface area (Å²) in [7, 11) is 0. The Hall–Kier alpha value is -1.35. The van der Waals surface area contributed by atoms with Gasteiger partial charge in [0.05, 0.1) is 5.69 Å². The van der Waals surface area contributed by atoms with Crippen molar-refractivity contribution in [2.24, 2.45) is 0 Å². The van der Waals surface area contributed by atoms with Crippen molar-refractivity contribution < 1.29 is 0 Å². The number of aromatic nitrogens is 1. The van der Waals surface area contributed by atoms with Crippen molar-refractivity contribution in [3.05, 3.63) is 35.7 Å². The van der Waals surface area contributed by atoms with Crippen LogP contribution in [-0.4, -0.2) is 4.98 Å². The number of anilines is 1. The average Bonchev–Trinajstić information content (AvgIpc) is 2.82. The summed E-state index contributed by atoms with van der Waals surface area (Å²) in [4.78, 5) is 4.18. The van der Waals surface area contributed by atoms with Crippen LogP contribution in [0.4, 0.5) is 5.13 Å². The molecule has 0 amide bonds. The second kappa shape index (κ2) is 8.92. The van der Waals surface area contributed by atoms with Crippen LogP contribution in [0.3, 0.4) is 0 Å². The number of nitrogens with zero attached hydrogens (tertiary/aromatic N) is 1.